The first kappa shape index (κ1) is 20.9. The second-order valence-electron chi connectivity index (χ2n) is 6.82. The van der Waals surface area contributed by atoms with E-state index in [0.29, 0.717) is 16.8 Å². The van der Waals surface area contributed by atoms with Crippen LogP contribution in [0.2, 0.25) is 5.02 Å². The van der Waals surface area contributed by atoms with Crippen molar-refractivity contribution in [3.63, 3.8) is 0 Å². The van der Waals surface area contributed by atoms with Crippen LogP contribution in [0.5, 0.6) is 0 Å². The lowest BCUT2D eigenvalue weighted by Gasteiger charge is -2.18. The summed E-state index contributed by atoms with van der Waals surface area (Å²) in [5, 5.41) is 12.8. The molecule has 148 valence electrons. The normalized spacial score (nSPS) is 11.6. The van der Waals surface area contributed by atoms with Gasteiger partial charge in [-0.05, 0) is 66.9 Å². The standard InChI is InChI=1S/C23H20ClN3O.ClH/c1-15-11-16(2)13-20(12-15)25-21(18-9-6-10-19(24)14-18)23-27-26-22(28-23)17-7-4-3-5-8-17;/h3-14,21,25H,1-2H3;1H. The van der Waals surface area contributed by atoms with Gasteiger partial charge in [-0.3, -0.25) is 0 Å². The molecule has 0 fully saturated rings. The molecule has 29 heavy (non-hydrogen) atoms. The van der Waals surface area contributed by atoms with E-state index in [4.69, 9.17) is 16.0 Å². The maximum absolute atomic E-state index is 6.24. The number of halogens is 2. The molecule has 0 spiro atoms. The molecule has 1 aromatic heterocycles. The Labute approximate surface area is 181 Å². The molecule has 0 saturated carbocycles. The Kier molecular flexibility index (Phi) is 6.57. The van der Waals surface area contributed by atoms with Crippen LogP contribution >= 0.6 is 24.0 Å². The first-order chi connectivity index (χ1) is 13.6. The van der Waals surface area contributed by atoms with E-state index in [1.165, 1.54) is 11.1 Å². The molecule has 0 saturated heterocycles. The molecule has 1 atom stereocenters. The van der Waals surface area contributed by atoms with Crippen molar-refractivity contribution in [2.45, 2.75) is 19.9 Å². The van der Waals surface area contributed by atoms with E-state index < -0.39 is 0 Å². The third kappa shape index (κ3) is 4.97. The number of nitrogens with zero attached hydrogens (tertiary/aromatic N) is 2. The molecular weight excluding hydrogens is 405 g/mol. The van der Waals surface area contributed by atoms with Gasteiger partial charge in [0, 0.05) is 16.3 Å². The Morgan fingerprint density at radius 1 is 0.862 bits per heavy atom. The largest absolute Gasteiger partial charge is 0.418 e. The van der Waals surface area contributed by atoms with Gasteiger partial charge in [-0.2, -0.15) is 0 Å². The fourth-order valence-corrected chi connectivity index (χ4v) is 3.45. The second kappa shape index (κ2) is 9.12. The van der Waals surface area contributed by atoms with Gasteiger partial charge in [0.1, 0.15) is 6.04 Å². The van der Waals surface area contributed by atoms with Crippen molar-refractivity contribution in [3.8, 4) is 11.5 Å². The van der Waals surface area contributed by atoms with Crippen molar-refractivity contribution in [2.24, 2.45) is 0 Å². The average molecular weight is 426 g/mol. The molecule has 1 unspecified atom stereocenters. The molecule has 1 heterocycles. The zero-order valence-electron chi connectivity index (χ0n) is 16.1. The minimum absolute atomic E-state index is 0. The first-order valence-electron chi connectivity index (χ1n) is 9.07. The molecule has 4 aromatic rings. The first-order valence-corrected chi connectivity index (χ1v) is 9.45. The van der Waals surface area contributed by atoms with Crippen LogP contribution in [0, 0.1) is 13.8 Å². The van der Waals surface area contributed by atoms with E-state index in [1.807, 2.05) is 54.6 Å². The van der Waals surface area contributed by atoms with Crippen molar-refractivity contribution < 1.29 is 4.42 Å². The fraction of sp³-hybridized carbons (Fsp3) is 0.130. The van der Waals surface area contributed by atoms with Crippen LogP contribution in [0.4, 0.5) is 5.69 Å². The van der Waals surface area contributed by atoms with Gasteiger partial charge in [0.2, 0.25) is 11.8 Å². The molecule has 0 radical (unpaired) electrons. The maximum atomic E-state index is 6.24. The summed E-state index contributed by atoms with van der Waals surface area (Å²) in [6.07, 6.45) is 0. The van der Waals surface area contributed by atoms with Crippen molar-refractivity contribution in [1.82, 2.24) is 10.2 Å². The van der Waals surface area contributed by atoms with Crippen LogP contribution in [0.3, 0.4) is 0 Å². The third-order valence-electron chi connectivity index (χ3n) is 4.42. The summed E-state index contributed by atoms with van der Waals surface area (Å²) >= 11 is 6.24. The van der Waals surface area contributed by atoms with Crippen molar-refractivity contribution in [3.05, 3.63) is 100 Å². The molecule has 0 bridgehead atoms. The molecule has 0 amide bonds. The summed E-state index contributed by atoms with van der Waals surface area (Å²) in [6.45, 7) is 4.15. The van der Waals surface area contributed by atoms with Crippen LogP contribution in [-0.2, 0) is 0 Å². The number of hydrogen-bond donors (Lipinski definition) is 1. The van der Waals surface area contributed by atoms with Crippen LogP contribution in [0.25, 0.3) is 11.5 Å². The molecule has 3 aromatic carbocycles. The molecule has 4 nitrogen and oxygen atoms in total. The van der Waals surface area contributed by atoms with Crippen LogP contribution in [-0.4, -0.2) is 10.2 Å². The summed E-state index contributed by atoms with van der Waals surface area (Å²) in [7, 11) is 0. The Balaban J connectivity index is 0.00000240. The van der Waals surface area contributed by atoms with E-state index in [0.717, 1.165) is 16.8 Å². The van der Waals surface area contributed by atoms with E-state index in [2.05, 4.69) is 47.6 Å². The predicted molar refractivity (Wildman–Crippen MR) is 120 cm³/mol. The summed E-state index contributed by atoms with van der Waals surface area (Å²) in [6, 6.07) is 23.4. The van der Waals surface area contributed by atoms with Gasteiger partial charge in [-0.1, -0.05) is 48.0 Å². The van der Waals surface area contributed by atoms with Crippen LogP contribution in [0.1, 0.15) is 28.6 Å². The molecule has 0 aliphatic carbocycles. The SMILES string of the molecule is Cc1cc(C)cc(NC(c2cccc(Cl)c2)c2nnc(-c3ccccc3)o2)c1.Cl. The van der Waals surface area contributed by atoms with E-state index in [-0.39, 0.29) is 18.4 Å². The van der Waals surface area contributed by atoms with Gasteiger partial charge >= 0.3 is 0 Å². The summed E-state index contributed by atoms with van der Waals surface area (Å²) in [4.78, 5) is 0. The number of anilines is 1. The van der Waals surface area contributed by atoms with Gasteiger partial charge in [-0.25, -0.2) is 0 Å². The quantitative estimate of drug-likeness (QED) is 0.389. The maximum Gasteiger partial charge on any atom is 0.247 e. The highest BCUT2D eigenvalue weighted by molar-refractivity contribution is 6.30. The van der Waals surface area contributed by atoms with E-state index >= 15 is 0 Å². The molecule has 4 rings (SSSR count). The topological polar surface area (TPSA) is 51.0 Å². The Hall–Kier alpha value is -2.82. The van der Waals surface area contributed by atoms with Crippen LogP contribution in [0.15, 0.2) is 77.2 Å². The lowest BCUT2D eigenvalue weighted by molar-refractivity contribution is 0.494. The van der Waals surface area contributed by atoms with Gasteiger partial charge in [0.05, 0.1) is 0 Å². The smallest absolute Gasteiger partial charge is 0.247 e. The molecule has 0 aliphatic rings. The Morgan fingerprint density at radius 3 is 2.28 bits per heavy atom. The number of aromatic nitrogens is 2. The van der Waals surface area contributed by atoms with Gasteiger partial charge < -0.3 is 9.73 Å². The zero-order chi connectivity index (χ0) is 19.5. The molecule has 6 heteroatoms. The fourth-order valence-electron chi connectivity index (χ4n) is 3.25. The van der Waals surface area contributed by atoms with Gasteiger partial charge in [0.25, 0.3) is 0 Å². The highest BCUT2D eigenvalue weighted by atomic mass is 35.5. The lowest BCUT2D eigenvalue weighted by atomic mass is 10.1. The summed E-state index contributed by atoms with van der Waals surface area (Å²) < 4.78 is 6.03. The molecule has 0 aliphatic heterocycles. The van der Waals surface area contributed by atoms with E-state index in [9.17, 15) is 0 Å². The molecule has 1 N–H and O–H groups in total. The van der Waals surface area contributed by atoms with Crippen LogP contribution < -0.4 is 5.32 Å². The van der Waals surface area contributed by atoms with Crippen molar-refractivity contribution in [2.75, 3.05) is 5.32 Å². The number of hydrogen-bond acceptors (Lipinski definition) is 4. The number of aryl methyl sites for hydroxylation is 2. The van der Waals surface area contributed by atoms with Gasteiger partial charge in [-0.15, -0.1) is 22.6 Å². The predicted octanol–water partition coefficient (Wildman–Crippen LogP) is 6.63. The second-order valence-corrected chi connectivity index (χ2v) is 7.26. The summed E-state index contributed by atoms with van der Waals surface area (Å²) in [5.41, 5.74) is 5.19. The summed E-state index contributed by atoms with van der Waals surface area (Å²) in [5.74, 6) is 0.977. The number of benzene rings is 3. The van der Waals surface area contributed by atoms with Gasteiger partial charge in [0.15, 0.2) is 0 Å². The third-order valence-corrected chi connectivity index (χ3v) is 4.66. The monoisotopic (exact) mass is 425 g/mol. The van der Waals surface area contributed by atoms with Crippen molar-refractivity contribution in [1.29, 1.82) is 0 Å². The van der Waals surface area contributed by atoms with Crippen molar-refractivity contribution >= 4 is 29.7 Å². The minimum Gasteiger partial charge on any atom is -0.418 e. The Morgan fingerprint density at radius 2 is 1.59 bits per heavy atom. The van der Waals surface area contributed by atoms with E-state index in [1.54, 1.807) is 0 Å². The average Bonchev–Trinajstić information content (AvgIpc) is 3.16. The number of nitrogens with one attached hydrogen (secondary N) is 1. The highest BCUT2D eigenvalue weighted by Gasteiger charge is 2.22. The highest BCUT2D eigenvalue weighted by Crippen LogP contribution is 2.30. The lowest BCUT2D eigenvalue weighted by Crippen LogP contribution is -2.13. The Bertz CT molecular complexity index is 1080. The molecular formula is C23H21Cl2N3O. The zero-order valence-corrected chi connectivity index (χ0v) is 17.7. The minimum atomic E-state index is -0.315. The number of rotatable bonds is 5.